The zero-order valence-electron chi connectivity index (χ0n) is 10.6. The molecule has 1 aliphatic rings. The van der Waals surface area contributed by atoms with Gasteiger partial charge in [-0.2, -0.15) is 11.8 Å². The average molecular weight is 251 g/mol. The molecule has 1 unspecified atom stereocenters. The van der Waals surface area contributed by atoms with E-state index in [-0.39, 0.29) is 0 Å². The maximum Gasteiger partial charge on any atom is 0.128 e. The van der Waals surface area contributed by atoms with Gasteiger partial charge in [0.2, 0.25) is 0 Å². The maximum atomic E-state index is 4.49. The van der Waals surface area contributed by atoms with Gasteiger partial charge in [-0.15, -0.1) is 0 Å². The van der Waals surface area contributed by atoms with Crippen LogP contribution in [0.4, 0.5) is 5.82 Å². The molecular weight excluding hydrogens is 230 g/mol. The smallest absolute Gasteiger partial charge is 0.128 e. The molecule has 94 valence electrons. The first kappa shape index (κ1) is 12.7. The molecule has 1 atom stereocenters. The van der Waals surface area contributed by atoms with Crippen LogP contribution < -0.4 is 10.2 Å². The second-order valence-corrected chi connectivity index (χ2v) is 5.98. The molecule has 0 amide bonds. The van der Waals surface area contributed by atoms with E-state index in [9.17, 15) is 0 Å². The van der Waals surface area contributed by atoms with Crippen molar-refractivity contribution in [1.29, 1.82) is 0 Å². The Morgan fingerprint density at radius 1 is 1.59 bits per heavy atom. The van der Waals surface area contributed by atoms with E-state index in [1.165, 1.54) is 11.3 Å². The van der Waals surface area contributed by atoms with Gasteiger partial charge in [0.15, 0.2) is 0 Å². The molecule has 0 aromatic carbocycles. The van der Waals surface area contributed by atoms with Gasteiger partial charge in [-0.25, -0.2) is 4.98 Å². The van der Waals surface area contributed by atoms with Crippen LogP contribution in [-0.2, 0) is 6.54 Å². The van der Waals surface area contributed by atoms with Crippen LogP contribution in [0.5, 0.6) is 0 Å². The molecule has 0 spiro atoms. The molecule has 0 aliphatic carbocycles. The van der Waals surface area contributed by atoms with Crippen molar-refractivity contribution in [2.24, 2.45) is 0 Å². The first-order valence-corrected chi connectivity index (χ1v) is 7.36. The fraction of sp³-hybridized carbons (Fsp3) is 0.615. The molecule has 1 aromatic rings. The third-order valence-electron chi connectivity index (χ3n) is 2.95. The van der Waals surface area contributed by atoms with Gasteiger partial charge in [0, 0.05) is 36.8 Å². The minimum atomic E-state index is 0.711. The maximum absolute atomic E-state index is 4.49. The lowest BCUT2D eigenvalue weighted by molar-refractivity contribution is 0.722. The Bertz CT molecular complexity index is 356. The Morgan fingerprint density at radius 2 is 2.47 bits per heavy atom. The van der Waals surface area contributed by atoms with E-state index < -0.39 is 0 Å². The highest BCUT2D eigenvalue weighted by molar-refractivity contribution is 8.00. The number of nitrogens with zero attached hydrogens (tertiary/aromatic N) is 2. The van der Waals surface area contributed by atoms with Crippen molar-refractivity contribution in [3.8, 4) is 0 Å². The summed E-state index contributed by atoms with van der Waals surface area (Å²) in [4.78, 5) is 6.89. The summed E-state index contributed by atoms with van der Waals surface area (Å²) >= 11 is 2.05. The summed E-state index contributed by atoms with van der Waals surface area (Å²) < 4.78 is 0. The highest BCUT2D eigenvalue weighted by Crippen LogP contribution is 2.22. The Morgan fingerprint density at radius 3 is 3.24 bits per heavy atom. The van der Waals surface area contributed by atoms with Gasteiger partial charge in [0.25, 0.3) is 0 Å². The Balaban J connectivity index is 2.04. The van der Waals surface area contributed by atoms with E-state index in [4.69, 9.17) is 0 Å². The molecule has 0 radical (unpaired) electrons. The quantitative estimate of drug-likeness (QED) is 0.887. The lowest BCUT2D eigenvalue weighted by Crippen LogP contribution is -2.37. The normalized spacial score (nSPS) is 20.6. The minimum absolute atomic E-state index is 0.711. The zero-order chi connectivity index (χ0) is 12.1. The summed E-state index contributed by atoms with van der Waals surface area (Å²) in [6.45, 7) is 8.60. The summed E-state index contributed by atoms with van der Waals surface area (Å²) in [7, 11) is 0. The summed E-state index contributed by atoms with van der Waals surface area (Å²) in [6, 6.07) is 4.31. The van der Waals surface area contributed by atoms with E-state index in [2.05, 4.69) is 52.9 Å². The predicted molar refractivity (Wildman–Crippen MR) is 75.8 cm³/mol. The van der Waals surface area contributed by atoms with Crippen molar-refractivity contribution < 1.29 is 0 Å². The van der Waals surface area contributed by atoms with E-state index >= 15 is 0 Å². The highest BCUT2D eigenvalue weighted by atomic mass is 32.2. The molecule has 17 heavy (non-hydrogen) atoms. The van der Waals surface area contributed by atoms with Gasteiger partial charge in [0.1, 0.15) is 5.82 Å². The number of thioether (sulfide) groups is 1. The molecule has 4 heteroatoms. The van der Waals surface area contributed by atoms with Crippen LogP contribution in [0.3, 0.4) is 0 Å². The fourth-order valence-electron chi connectivity index (χ4n) is 2.04. The van der Waals surface area contributed by atoms with Gasteiger partial charge in [-0.05, 0) is 24.2 Å². The molecule has 1 aliphatic heterocycles. The van der Waals surface area contributed by atoms with Crippen molar-refractivity contribution >= 4 is 17.6 Å². The number of nitrogens with one attached hydrogen (secondary N) is 1. The van der Waals surface area contributed by atoms with Crippen LogP contribution in [0.15, 0.2) is 18.3 Å². The summed E-state index contributed by atoms with van der Waals surface area (Å²) in [5.74, 6) is 2.34. The van der Waals surface area contributed by atoms with E-state index in [1.54, 1.807) is 0 Å². The van der Waals surface area contributed by atoms with Crippen LogP contribution in [0, 0.1) is 0 Å². The van der Waals surface area contributed by atoms with Crippen LogP contribution >= 0.6 is 11.8 Å². The molecule has 2 rings (SSSR count). The first-order chi connectivity index (χ1) is 8.29. The van der Waals surface area contributed by atoms with Crippen LogP contribution in [0.1, 0.15) is 19.4 Å². The minimum Gasteiger partial charge on any atom is -0.355 e. The van der Waals surface area contributed by atoms with Crippen molar-refractivity contribution in [2.75, 3.05) is 30.3 Å². The molecule has 2 heterocycles. The first-order valence-electron chi connectivity index (χ1n) is 6.31. The number of anilines is 1. The SMILES string of the molecule is CCNCc1ccnc(N2CCSC(C)C2)c1. The topological polar surface area (TPSA) is 28.2 Å². The third-order valence-corrected chi connectivity index (χ3v) is 4.09. The summed E-state index contributed by atoms with van der Waals surface area (Å²) in [6.07, 6.45) is 1.93. The number of hydrogen-bond donors (Lipinski definition) is 1. The fourth-order valence-corrected chi connectivity index (χ4v) is 3.05. The second kappa shape index (κ2) is 6.26. The predicted octanol–water partition coefficient (Wildman–Crippen LogP) is 2.13. The zero-order valence-corrected chi connectivity index (χ0v) is 11.5. The number of hydrogen-bond acceptors (Lipinski definition) is 4. The lowest BCUT2D eigenvalue weighted by Gasteiger charge is -2.31. The largest absolute Gasteiger partial charge is 0.355 e. The molecule has 0 saturated carbocycles. The van der Waals surface area contributed by atoms with Gasteiger partial charge in [0.05, 0.1) is 0 Å². The molecule has 1 N–H and O–H groups in total. The van der Waals surface area contributed by atoms with Crippen LogP contribution in [0.2, 0.25) is 0 Å². The highest BCUT2D eigenvalue weighted by Gasteiger charge is 2.17. The summed E-state index contributed by atoms with van der Waals surface area (Å²) in [5.41, 5.74) is 1.32. The average Bonchev–Trinajstić information content (AvgIpc) is 2.37. The van der Waals surface area contributed by atoms with E-state index in [0.29, 0.717) is 5.25 Å². The van der Waals surface area contributed by atoms with Crippen molar-refractivity contribution in [3.05, 3.63) is 23.9 Å². The van der Waals surface area contributed by atoms with Crippen molar-refractivity contribution in [2.45, 2.75) is 25.6 Å². The molecule has 1 fully saturated rings. The second-order valence-electron chi connectivity index (χ2n) is 4.43. The van der Waals surface area contributed by atoms with Crippen LogP contribution in [-0.4, -0.2) is 35.6 Å². The molecular formula is C13H21N3S. The van der Waals surface area contributed by atoms with Crippen molar-refractivity contribution in [3.63, 3.8) is 0 Å². The van der Waals surface area contributed by atoms with Gasteiger partial charge in [-0.1, -0.05) is 13.8 Å². The summed E-state index contributed by atoms with van der Waals surface area (Å²) in [5, 5.41) is 4.06. The molecule has 3 nitrogen and oxygen atoms in total. The van der Waals surface area contributed by atoms with E-state index in [0.717, 1.165) is 32.0 Å². The molecule has 0 bridgehead atoms. The Hall–Kier alpha value is -0.740. The lowest BCUT2D eigenvalue weighted by atomic mass is 10.2. The van der Waals surface area contributed by atoms with Crippen LogP contribution in [0.25, 0.3) is 0 Å². The monoisotopic (exact) mass is 251 g/mol. The Kier molecular flexibility index (Phi) is 4.68. The van der Waals surface area contributed by atoms with Gasteiger partial charge < -0.3 is 10.2 Å². The standard InChI is InChI=1S/C13H21N3S/c1-3-14-9-12-4-5-15-13(8-12)16-6-7-17-11(2)10-16/h4-5,8,11,14H,3,6-7,9-10H2,1-2H3. The van der Waals surface area contributed by atoms with Crippen molar-refractivity contribution in [1.82, 2.24) is 10.3 Å². The number of rotatable bonds is 4. The Labute approximate surface area is 108 Å². The van der Waals surface area contributed by atoms with Gasteiger partial charge >= 0.3 is 0 Å². The number of aromatic nitrogens is 1. The van der Waals surface area contributed by atoms with E-state index in [1.807, 2.05) is 6.20 Å². The molecule has 1 aromatic heterocycles. The number of pyridine rings is 1. The van der Waals surface area contributed by atoms with Gasteiger partial charge in [-0.3, -0.25) is 0 Å². The molecule has 1 saturated heterocycles. The third kappa shape index (κ3) is 3.61.